The van der Waals surface area contributed by atoms with E-state index in [9.17, 15) is 9.59 Å². The largest absolute Gasteiger partial charge is 0.469 e. The minimum atomic E-state index is -0.572. The van der Waals surface area contributed by atoms with Crippen molar-refractivity contribution in [2.45, 2.75) is 39.2 Å². The van der Waals surface area contributed by atoms with Crippen LogP contribution < -0.4 is 0 Å². The van der Waals surface area contributed by atoms with E-state index in [2.05, 4.69) is 0 Å². The Hall–Kier alpha value is -2.36. The summed E-state index contributed by atoms with van der Waals surface area (Å²) in [7, 11) is 1.34. The topological polar surface area (TPSA) is 52.6 Å². The van der Waals surface area contributed by atoms with Gasteiger partial charge in [0.2, 0.25) is 0 Å². The Morgan fingerprint density at radius 3 is 2.38 bits per heavy atom. The van der Waals surface area contributed by atoms with Crippen molar-refractivity contribution in [3.63, 3.8) is 0 Å². The number of hydrogen-bond acceptors (Lipinski definition) is 4. The van der Waals surface area contributed by atoms with Gasteiger partial charge in [0, 0.05) is 0 Å². The maximum absolute atomic E-state index is 12.1. The molecule has 0 N–H and O–H groups in total. The summed E-state index contributed by atoms with van der Waals surface area (Å²) in [5.41, 5.74) is 0.448. The molecule has 0 unspecified atom stereocenters. The van der Waals surface area contributed by atoms with Crippen LogP contribution >= 0.6 is 0 Å². The molecule has 0 saturated heterocycles. The van der Waals surface area contributed by atoms with Crippen LogP contribution in [0.3, 0.4) is 0 Å². The smallest absolute Gasteiger partial charge is 0.309 e. The van der Waals surface area contributed by atoms with Crippen molar-refractivity contribution in [1.82, 2.24) is 0 Å². The number of carbonyl (C=O) groups is 2. The Bertz CT molecular complexity index is 722. The van der Waals surface area contributed by atoms with Crippen molar-refractivity contribution in [3.8, 4) is 0 Å². The molecule has 0 heterocycles. The standard InChI is InChI=1S/C20H24O4/c1-20(2,3)24-18(21)13-16(19(22)23-4)12-15-10-7-9-14-8-5-6-11-17(14)15/h5-11,16H,12-13H2,1-4H3/t16-/m1/s1. The van der Waals surface area contributed by atoms with Gasteiger partial charge in [-0.15, -0.1) is 0 Å². The zero-order valence-corrected chi connectivity index (χ0v) is 14.7. The molecule has 2 aromatic carbocycles. The predicted octanol–water partition coefficient (Wildman–Crippen LogP) is 3.90. The molecule has 0 aliphatic carbocycles. The summed E-state index contributed by atoms with van der Waals surface area (Å²) in [4.78, 5) is 24.2. The molecule has 0 bridgehead atoms. The number of hydrogen-bond donors (Lipinski definition) is 0. The molecule has 4 heteroatoms. The number of rotatable bonds is 5. The second kappa shape index (κ2) is 7.47. The Balaban J connectivity index is 2.22. The van der Waals surface area contributed by atoms with E-state index >= 15 is 0 Å². The lowest BCUT2D eigenvalue weighted by Gasteiger charge is -2.21. The van der Waals surface area contributed by atoms with Gasteiger partial charge >= 0.3 is 11.9 Å². The summed E-state index contributed by atoms with van der Waals surface area (Å²) in [6.45, 7) is 5.42. The third-order valence-corrected chi connectivity index (χ3v) is 3.71. The first-order valence-corrected chi connectivity index (χ1v) is 8.06. The first-order chi connectivity index (χ1) is 11.3. The van der Waals surface area contributed by atoms with Gasteiger partial charge in [0.25, 0.3) is 0 Å². The summed E-state index contributed by atoms with van der Waals surface area (Å²) in [5, 5.41) is 2.19. The lowest BCUT2D eigenvalue weighted by molar-refractivity contribution is -0.160. The highest BCUT2D eigenvalue weighted by Gasteiger charge is 2.26. The molecule has 0 aliphatic heterocycles. The van der Waals surface area contributed by atoms with Gasteiger partial charge in [0.05, 0.1) is 19.4 Å². The molecule has 24 heavy (non-hydrogen) atoms. The Kier molecular flexibility index (Phi) is 5.60. The van der Waals surface area contributed by atoms with E-state index in [-0.39, 0.29) is 6.42 Å². The average molecular weight is 328 g/mol. The minimum Gasteiger partial charge on any atom is -0.469 e. The third-order valence-electron chi connectivity index (χ3n) is 3.71. The fourth-order valence-electron chi connectivity index (χ4n) is 2.73. The summed E-state index contributed by atoms with van der Waals surface area (Å²) in [6, 6.07) is 14.0. The fourth-order valence-corrected chi connectivity index (χ4v) is 2.73. The molecule has 0 aliphatic rings. The molecule has 0 aromatic heterocycles. The normalized spacial score (nSPS) is 12.7. The van der Waals surface area contributed by atoms with Crippen LogP contribution in [0.2, 0.25) is 0 Å². The SMILES string of the molecule is COC(=O)[C@@H](CC(=O)OC(C)(C)C)Cc1cccc2ccccc12. The molecule has 128 valence electrons. The van der Waals surface area contributed by atoms with Crippen molar-refractivity contribution < 1.29 is 19.1 Å². The Morgan fingerprint density at radius 1 is 1.04 bits per heavy atom. The van der Waals surface area contributed by atoms with Gasteiger partial charge in [-0.3, -0.25) is 9.59 Å². The van der Waals surface area contributed by atoms with Crippen molar-refractivity contribution in [3.05, 3.63) is 48.0 Å². The minimum absolute atomic E-state index is 0.00711. The van der Waals surface area contributed by atoms with E-state index in [0.717, 1.165) is 16.3 Å². The molecule has 0 saturated carbocycles. The van der Waals surface area contributed by atoms with E-state index in [1.165, 1.54) is 7.11 Å². The van der Waals surface area contributed by atoms with Gasteiger partial charge in [-0.05, 0) is 43.5 Å². The molecular formula is C20H24O4. The van der Waals surface area contributed by atoms with E-state index < -0.39 is 23.5 Å². The molecule has 0 radical (unpaired) electrons. The van der Waals surface area contributed by atoms with Gasteiger partial charge in [0.1, 0.15) is 5.60 Å². The second-order valence-electron chi connectivity index (χ2n) is 6.85. The highest BCUT2D eigenvalue weighted by Crippen LogP contribution is 2.24. The van der Waals surface area contributed by atoms with Crippen LogP contribution in [0.15, 0.2) is 42.5 Å². The number of ether oxygens (including phenoxy) is 2. The second-order valence-corrected chi connectivity index (χ2v) is 6.85. The van der Waals surface area contributed by atoms with Gasteiger partial charge in [-0.25, -0.2) is 0 Å². The van der Waals surface area contributed by atoms with Crippen LogP contribution in [0.1, 0.15) is 32.8 Å². The molecule has 0 fully saturated rings. The van der Waals surface area contributed by atoms with E-state index in [0.29, 0.717) is 6.42 Å². The van der Waals surface area contributed by atoms with E-state index in [1.54, 1.807) is 0 Å². The summed E-state index contributed by atoms with van der Waals surface area (Å²) >= 11 is 0. The number of esters is 2. The zero-order valence-electron chi connectivity index (χ0n) is 14.7. The zero-order chi connectivity index (χ0) is 17.7. The van der Waals surface area contributed by atoms with E-state index in [4.69, 9.17) is 9.47 Å². The number of methoxy groups -OCH3 is 1. The predicted molar refractivity (Wildman–Crippen MR) is 93.6 cm³/mol. The number of carbonyl (C=O) groups excluding carboxylic acids is 2. The first kappa shape index (κ1) is 18.0. The first-order valence-electron chi connectivity index (χ1n) is 8.06. The van der Waals surface area contributed by atoms with Crippen molar-refractivity contribution in [2.75, 3.05) is 7.11 Å². The average Bonchev–Trinajstić information content (AvgIpc) is 2.52. The van der Waals surface area contributed by atoms with Crippen LogP contribution in [0, 0.1) is 5.92 Å². The van der Waals surface area contributed by atoms with Crippen LogP contribution in [-0.2, 0) is 25.5 Å². The molecule has 1 atom stereocenters. The number of benzene rings is 2. The summed E-state index contributed by atoms with van der Waals surface area (Å²) < 4.78 is 10.2. The van der Waals surface area contributed by atoms with Crippen LogP contribution in [-0.4, -0.2) is 24.6 Å². The quantitative estimate of drug-likeness (QED) is 0.781. The summed E-state index contributed by atoms with van der Waals surface area (Å²) in [5.74, 6) is -1.34. The lowest BCUT2D eigenvalue weighted by atomic mass is 9.92. The molecular weight excluding hydrogens is 304 g/mol. The maximum Gasteiger partial charge on any atom is 0.309 e. The van der Waals surface area contributed by atoms with Crippen LogP contribution in [0.4, 0.5) is 0 Å². The molecule has 4 nitrogen and oxygen atoms in total. The summed E-state index contributed by atoms with van der Waals surface area (Å²) in [6.07, 6.45) is 0.445. The maximum atomic E-state index is 12.1. The monoisotopic (exact) mass is 328 g/mol. The number of fused-ring (bicyclic) bond motifs is 1. The Morgan fingerprint density at radius 2 is 1.71 bits per heavy atom. The lowest BCUT2D eigenvalue weighted by Crippen LogP contribution is -2.28. The van der Waals surface area contributed by atoms with Crippen molar-refractivity contribution in [1.29, 1.82) is 0 Å². The fraction of sp³-hybridized carbons (Fsp3) is 0.400. The van der Waals surface area contributed by atoms with Gasteiger partial charge in [-0.1, -0.05) is 42.5 Å². The van der Waals surface area contributed by atoms with Gasteiger partial charge in [-0.2, -0.15) is 0 Å². The van der Waals surface area contributed by atoms with Gasteiger partial charge < -0.3 is 9.47 Å². The van der Waals surface area contributed by atoms with Gasteiger partial charge in [0.15, 0.2) is 0 Å². The molecule has 0 amide bonds. The van der Waals surface area contributed by atoms with Crippen molar-refractivity contribution >= 4 is 22.7 Å². The van der Waals surface area contributed by atoms with E-state index in [1.807, 2.05) is 63.2 Å². The van der Waals surface area contributed by atoms with Crippen LogP contribution in [0.5, 0.6) is 0 Å². The molecule has 0 spiro atoms. The molecule has 2 rings (SSSR count). The van der Waals surface area contributed by atoms with Crippen molar-refractivity contribution in [2.24, 2.45) is 5.92 Å². The highest BCUT2D eigenvalue weighted by atomic mass is 16.6. The van der Waals surface area contributed by atoms with Crippen LogP contribution in [0.25, 0.3) is 10.8 Å². The third kappa shape index (κ3) is 4.82. The highest BCUT2D eigenvalue weighted by molar-refractivity contribution is 5.87. The Labute approximate surface area is 142 Å². The molecule has 2 aromatic rings.